The van der Waals surface area contributed by atoms with Gasteiger partial charge in [-0.3, -0.25) is 14.6 Å². The van der Waals surface area contributed by atoms with Crippen LogP contribution in [0.5, 0.6) is 0 Å². The molecule has 1 aliphatic heterocycles. The summed E-state index contributed by atoms with van der Waals surface area (Å²) in [6.45, 7) is 0.390. The Morgan fingerprint density at radius 1 is 1.10 bits per heavy atom. The molecule has 0 saturated carbocycles. The zero-order valence-corrected chi connectivity index (χ0v) is 18.2. The quantitative estimate of drug-likeness (QED) is 0.497. The van der Waals surface area contributed by atoms with Crippen LogP contribution in [0, 0.1) is 0 Å². The number of carbonyl (C=O) groups is 2. The molecule has 1 atom stereocenters. The molecule has 0 bridgehead atoms. The van der Waals surface area contributed by atoms with Crippen molar-refractivity contribution >= 4 is 46.6 Å². The van der Waals surface area contributed by atoms with E-state index in [0.29, 0.717) is 28.6 Å². The molecule has 158 valence electrons. The molecule has 0 saturated heterocycles. The van der Waals surface area contributed by atoms with E-state index < -0.39 is 0 Å². The van der Waals surface area contributed by atoms with E-state index in [1.165, 1.54) is 0 Å². The molecule has 6 nitrogen and oxygen atoms in total. The van der Waals surface area contributed by atoms with Gasteiger partial charge in [0.05, 0.1) is 11.4 Å². The minimum absolute atomic E-state index is 0.107. The monoisotopic (exact) mass is 452 g/mol. The average Bonchev–Trinajstić information content (AvgIpc) is 2.79. The molecule has 0 radical (unpaired) electrons. The number of carbonyl (C=O) groups excluding carboxylic acids is 2. The highest BCUT2D eigenvalue weighted by atomic mass is 35.5. The van der Waals surface area contributed by atoms with Gasteiger partial charge in [-0.25, -0.2) is 0 Å². The van der Waals surface area contributed by atoms with Crippen LogP contribution in [0.25, 0.3) is 0 Å². The van der Waals surface area contributed by atoms with E-state index in [0.717, 1.165) is 22.6 Å². The zero-order valence-electron chi connectivity index (χ0n) is 16.6. The molecule has 3 N–H and O–H groups in total. The van der Waals surface area contributed by atoms with Crippen molar-refractivity contribution in [3.63, 3.8) is 0 Å². The van der Waals surface area contributed by atoms with Crippen molar-refractivity contribution in [2.75, 3.05) is 16.4 Å². The number of rotatable bonds is 7. The van der Waals surface area contributed by atoms with Gasteiger partial charge in [0.15, 0.2) is 0 Å². The predicted octanol–water partition coefficient (Wildman–Crippen LogP) is 4.33. The number of nitrogens with one attached hydrogen (secondary N) is 3. The van der Waals surface area contributed by atoms with Gasteiger partial charge in [0.2, 0.25) is 5.91 Å². The number of pyridine rings is 1. The molecule has 3 aromatic rings. The Morgan fingerprint density at radius 3 is 2.71 bits per heavy atom. The lowest BCUT2D eigenvalue weighted by Crippen LogP contribution is -2.40. The van der Waals surface area contributed by atoms with Crippen molar-refractivity contribution < 1.29 is 9.59 Å². The third-order valence-corrected chi connectivity index (χ3v) is 6.19. The molecule has 31 heavy (non-hydrogen) atoms. The predicted molar refractivity (Wildman–Crippen MR) is 126 cm³/mol. The van der Waals surface area contributed by atoms with Crippen LogP contribution in [0.4, 0.5) is 11.4 Å². The van der Waals surface area contributed by atoms with E-state index in [2.05, 4.69) is 20.9 Å². The molecule has 4 rings (SSSR count). The lowest BCUT2D eigenvalue weighted by Gasteiger charge is -2.27. The van der Waals surface area contributed by atoms with Gasteiger partial charge in [0, 0.05) is 41.0 Å². The van der Waals surface area contributed by atoms with Gasteiger partial charge in [0.1, 0.15) is 6.04 Å². The van der Waals surface area contributed by atoms with Gasteiger partial charge >= 0.3 is 0 Å². The van der Waals surface area contributed by atoms with Crippen molar-refractivity contribution in [3.05, 3.63) is 88.7 Å². The van der Waals surface area contributed by atoms with Crippen LogP contribution in [-0.2, 0) is 17.1 Å². The van der Waals surface area contributed by atoms with E-state index in [1.54, 1.807) is 36.3 Å². The lowest BCUT2D eigenvalue weighted by atomic mass is 10.1. The second-order valence-corrected chi connectivity index (χ2v) is 8.60. The Hall–Kier alpha value is -3.03. The largest absolute Gasteiger partial charge is 0.371 e. The summed E-state index contributed by atoms with van der Waals surface area (Å²) in [5, 5.41) is 9.76. The molecule has 8 heteroatoms. The maximum Gasteiger partial charge on any atom is 0.251 e. The van der Waals surface area contributed by atoms with E-state index in [9.17, 15) is 9.59 Å². The van der Waals surface area contributed by atoms with Gasteiger partial charge in [-0.1, -0.05) is 29.8 Å². The fourth-order valence-corrected chi connectivity index (χ4v) is 4.31. The van der Waals surface area contributed by atoms with Crippen molar-refractivity contribution in [2.24, 2.45) is 0 Å². The zero-order chi connectivity index (χ0) is 21.6. The number of hydrogen-bond acceptors (Lipinski definition) is 5. The average molecular weight is 453 g/mol. The van der Waals surface area contributed by atoms with Gasteiger partial charge < -0.3 is 16.0 Å². The summed E-state index contributed by atoms with van der Waals surface area (Å²) in [7, 11) is 0. The summed E-state index contributed by atoms with van der Waals surface area (Å²) in [6.07, 6.45) is 3.40. The van der Waals surface area contributed by atoms with E-state index in [1.807, 2.05) is 42.5 Å². The lowest BCUT2D eigenvalue weighted by molar-refractivity contribution is -0.116. The summed E-state index contributed by atoms with van der Waals surface area (Å²) in [4.78, 5) is 29.0. The molecule has 1 aromatic heterocycles. The molecule has 0 aliphatic carbocycles. The Bertz CT molecular complexity index is 1080. The van der Waals surface area contributed by atoms with Crippen LogP contribution in [0.15, 0.2) is 67.0 Å². The fourth-order valence-electron chi connectivity index (χ4n) is 3.17. The number of thioether (sulfide) groups is 1. The van der Waals surface area contributed by atoms with E-state index >= 15 is 0 Å². The SMILES string of the molecule is O=C(NCc1cccnc1)c1ccc2c(c1)NC(=O)C(CSCc1ccc(Cl)cc1)N2. The van der Waals surface area contributed by atoms with Crippen molar-refractivity contribution in [1.29, 1.82) is 0 Å². The maximum absolute atomic E-state index is 12.5. The van der Waals surface area contributed by atoms with Gasteiger partial charge in [-0.05, 0) is 47.5 Å². The highest BCUT2D eigenvalue weighted by Crippen LogP contribution is 2.29. The van der Waals surface area contributed by atoms with Crippen molar-refractivity contribution in [1.82, 2.24) is 10.3 Å². The van der Waals surface area contributed by atoms with Gasteiger partial charge in [0.25, 0.3) is 5.91 Å². The van der Waals surface area contributed by atoms with E-state index in [-0.39, 0.29) is 17.9 Å². The third kappa shape index (κ3) is 5.57. The number of nitrogens with zero attached hydrogens (tertiary/aromatic N) is 1. The van der Waals surface area contributed by atoms with Crippen LogP contribution in [0.1, 0.15) is 21.5 Å². The summed E-state index contributed by atoms with van der Waals surface area (Å²) < 4.78 is 0. The number of halogens is 1. The smallest absolute Gasteiger partial charge is 0.251 e. The number of aromatic nitrogens is 1. The number of fused-ring (bicyclic) bond motifs is 1. The molecule has 0 fully saturated rings. The Morgan fingerprint density at radius 2 is 1.94 bits per heavy atom. The molecule has 0 spiro atoms. The minimum atomic E-state index is -0.338. The van der Waals surface area contributed by atoms with Crippen LogP contribution in [0.2, 0.25) is 5.02 Å². The first-order valence-electron chi connectivity index (χ1n) is 9.79. The standard InChI is InChI=1S/C23H21ClN4O2S/c24-18-6-3-15(4-7-18)13-31-14-21-23(30)28-20-10-17(5-8-19(20)27-21)22(29)26-12-16-2-1-9-25-11-16/h1-11,21,27H,12-14H2,(H,26,29)(H,28,30). The van der Waals surface area contributed by atoms with Crippen molar-refractivity contribution in [2.45, 2.75) is 18.3 Å². The van der Waals surface area contributed by atoms with Crippen LogP contribution in [0.3, 0.4) is 0 Å². The topological polar surface area (TPSA) is 83.1 Å². The highest BCUT2D eigenvalue weighted by molar-refractivity contribution is 7.98. The highest BCUT2D eigenvalue weighted by Gasteiger charge is 2.26. The molecule has 2 aromatic carbocycles. The number of hydrogen-bond donors (Lipinski definition) is 3. The van der Waals surface area contributed by atoms with Crippen molar-refractivity contribution in [3.8, 4) is 0 Å². The molecule has 2 amide bonds. The van der Waals surface area contributed by atoms with Gasteiger partial charge in [-0.2, -0.15) is 11.8 Å². The minimum Gasteiger partial charge on any atom is -0.371 e. The molecular weight excluding hydrogens is 432 g/mol. The van der Waals surface area contributed by atoms with Crippen LogP contribution < -0.4 is 16.0 Å². The van der Waals surface area contributed by atoms with Crippen LogP contribution >= 0.6 is 23.4 Å². The number of amides is 2. The first kappa shape index (κ1) is 21.2. The van der Waals surface area contributed by atoms with E-state index in [4.69, 9.17) is 11.6 Å². The Balaban J connectivity index is 1.33. The fraction of sp³-hybridized carbons (Fsp3) is 0.174. The second kappa shape index (κ2) is 9.85. The molecule has 1 aliphatic rings. The summed E-state index contributed by atoms with van der Waals surface area (Å²) in [5.74, 6) is 1.11. The van der Waals surface area contributed by atoms with Gasteiger partial charge in [-0.15, -0.1) is 0 Å². The van der Waals surface area contributed by atoms with Crippen LogP contribution in [-0.4, -0.2) is 28.6 Å². The maximum atomic E-state index is 12.5. The first-order chi connectivity index (χ1) is 15.1. The third-order valence-electron chi connectivity index (χ3n) is 4.83. The summed E-state index contributed by atoms with van der Waals surface area (Å²) in [6, 6.07) is 16.4. The summed E-state index contributed by atoms with van der Waals surface area (Å²) >= 11 is 7.59. The normalized spacial score (nSPS) is 14.9. The first-order valence-corrected chi connectivity index (χ1v) is 11.3. The molecule has 2 heterocycles. The Labute approximate surface area is 189 Å². The molecule has 1 unspecified atom stereocenters. The number of anilines is 2. The Kier molecular flexibility index (Phi) is 6.74. The number of benzene rings is 2. The summed E-state index contributed by atoms with van der Waals surface area (Å²) in [5.41, 5.74) is 3.98. The molecular formula is C23H21ClN4O2S. The second-order valence-electron chi connectivity index (χ2n) is 7.13.